The third-order valence-corrected chi connectivity index (χ3v) is 4.96. The van der Waals surface area contributed by atoms with Crippen LogP contribution in [0.4, 0.5) is 4.39 Å². The molecule has 144 valence electrons. The summed E-state index contributed by atoms with van der Waals surface area (Å²) in [4.78, 5) is 4.31. The molecule has 7 heteroatoms. The molecule has 0 bridgehead atoms. The molecule has 29 heavy (non-hydrogen) atoms. The summed E-state index contributed by atoms with van der Waals surface area (Å²) in [6.07, 6.45) is 2.73. The number of ether oxygens (including phenoxy) is 1. The summed E-state index contributed by atoms with van der Waals surface area (Å²) in [5.74, 6) is 0.265. The number of nitrogens with zero attached hydrogens (tertiary/aromatic N) is 5. The van der Waals surface area contributed by atoms with E-state index in [1.807, 2.05) is 35.6 Å². The molecule has 6 nitrogen and oxygen atoms in total. The van der Waals surface area contributed by atoms with Gasteiger partial charge in [-0.2, -0.15) is 5.26 Å². The molecule has 0 amide bonds. The monoisotopic (exact) mass is 387 g/mol. The number of halogens is 1. The van der Waals surface area contributed by atoms with Crippen LogP contribution in [0.5, 0.6) is 5.75 Å². The van der Waals surface area contributed by atoms with Crippen molar-refractivity contribution in [3.05, 3.63) is 77.3 Å². The predicted molar refractivity (Wildman–Crippen MR) is 106 cm³/mol. The number of aryl methyl sites for hydroxylation is 2. The van der Waals surface area contributed by atoms with Gasteiger partial charge >= 0.3 is 0 Å². The minimum absolute atomic E-state index is 0.278. The number of rotatable bonds is 5. The van der Waals surface area contributed by atoms with E-state index in [1.54, 1.807) is 31.6 Å². The molecule has 0 unspecified atom stereocenters. The van der Waals surface area contributed by atoms with Crippen LogP contribution in [0.3, 0.4) is 0 Å². The second kappa shape index (κ2) is 7.68. The topological polar surface area (TPSA) is 76.1 Å². The molecule has 0 fully saturated rings. The van der Waals surface area contributed by atoms with Crippen LogP contribution in [0.2, 0.25) is 0 Å². The third-order valence-electron chi connectivity index (χ3n) is 4.96. The lowest BCUT2D eigenvalue weighted by atomic mass is 10.0. The Labute approximate surface area is 167 Å². The summed E-state index contributed by atoms with van der Waals surface area (Å²) < 4.78 is 21.4. The number of fused-ring (bicyclic) bond motifs is 1. The van der Waals surface area contributed by atoms with Crippen LogP contribution in [0.25, 0.3) is 16.8 Å². The molecule has 3 aromatic heterocycles. The quantitative estimate of drug-likeness (QED) is 0.519. The maximum atomic E-state index is 14.2. The van der Waals surface area contributed by atoms with Gasteiger partial charge in [0.25, 0.3) is 0 Å². The maximum absolute atomic E-state index is 14.2. The summed E-state index contributed by atoms with van der Waals surface area (Å²) >= 11 is 0. The Morgan fingerprint density at radius 1 is 1.10 bits per heavy atom. The van der Waals surface area contributed by atoms with Crippen molar-refractivity contribution in [3.63, 3.8) is 0 Å². The van der Waals surface area contributed by atoms with Crippen molar-refractivity contribution in [1.29, 1.82) is 5.26 Å². The zero-order chi connectivity index (χ0) is 20.4. The van der Waals surface area contributed by atoms with Crippen molar-refractivity contribution < 1.29 is 9.13 Å². The normalized spacial score (nSPS) is 10.8. The number of aromatic nitrogens is 4. The molecule has 0 aliphatic heterocycles. The van der Waals surface area contributed by atoms with Crippen molar-refractivity contribution in [1.82, 2.24) is 19.6 Å². The fourth-order valence-corrected chi connectivity index (χ4v) is 3.51. The van der Waals surface area contributed by atoms with Crippen LogP contribution >= 0.6 is 0 Å². The second-order valence-corrected chi connectivity index (χ2v) is 6.62. The molecule has 0 spiro atoms. The van der Waals surface area contributed by atoms with Gasteiger partial charge in [-0.1, -0.05) is 6.07 Å². The van der Waals surface area contributed by atoms with Crippen LogP contribution < -0.4 is 4.74 Å². The number of pyridine rings is 2. The van der Waals surface area contributed by atoms with Gasteiger partial charge in [0, 0.05) is 28.1 Å². The zero-order valence-corrected chi connectivity index (χ0v) is 16.1. The van der Waals surface area contributed by atoms with Gasteiger partial charge < -0.3 is 4.74 Å². The van der Waals surface area contributed by atoms with Crippen LogP contribution in [0.15, 0.2) is 48.8 Å². The molecular weight excluding hydrogens is 369 g/mol. The molecule has 4 aromatic rings. The fourth-order valence-electron chi connectivity index (χ4n) is 3.51. The Morgan fingerprint density at radius 3 is 2.69 bits per heavy atom. The third kappa shape index (κ3) is 3.41. The summed E-state index contributed by atoms with van der Waals surface area (Å²) in [7, 11) is 1.54. The van der Waals surface area contributed by atoms with Crippen molar-refractivity contribution in [2.45, 2.75) is 19.8 Å². The summed E-state index contributed by atoms with van der Waals surface area (Å²) in [6.45, 7) is 1.86. The van der Waals surface area contributed by atoms with Crippen LogP contribution in [-0.2, 0) is 12.8 Å². The predicted octanol–water partition coefficient (Wildman–Crippen LogP) is 3.90. The Balaban J connectivity index is 1.70. The summed E-state index contributed by atoms with van der Waals surface area (Å²) in [5.41, 5.74) is 5.09. The SMILES string of the molecule is COc1cccc(F)c1CCc1ccc(-c2ccc(C#N)nc2C)c2nncn12. The Bertz CT molecular complexity index is 1240. The molecule has 0 radical (unpaired) electrons. The molecule has 0 N–H and O–H groups in total. The van der Waals surface area contributed by atoms with Gasteiger partial charge in [0.05, 0.1) is 7.11 Å². The second-order valence-electron chi connectivity index (χ2n) is 6.62. The van der Waals surface area contributed by atoms with Crippen molar-refractivity contribution in [2.75, 3.05) is 7.11 Å². The van der Waals surface area contributed by atoms with Gasteiger partial charge in [0.1, 0.15) is 29.7 Å². The minimum Gasteiger partial charge on any atom is -0.496 e. The first-order valence-electron chi connectivity index (χ1n) is 9.13. The molecule has 0 aliphatic carbocycles. The highest BCUT2D eigenvalue weighted by molar-refractivity contribution is 5.79. The standard InChI is InChI=1S/C22H18FN5O/c1-14-17(9-6-15(12-24)26-14)18-10-7-16(28-13-25-27-22(18)28)8-11-19-20(23)4-3-5-21(19)29-2/h3-7,9-10,13H,8,11H2,1-2H3. The van der Waals surface area contributed by atoms with Crippen molar-refractivity contribution in [3.8, 4) is 22.9 Å². The molecule has 0 atom stereocenters. The van der Waals surface area contributed by atoms with Crippen molar-refractivity contribution in [2.24, 2.45) is 0 Å². The number of methoxy groups -OCH3 is 1. The lowest BCUT2D eigenvalue weighted by Crippen LogP contribution is -2.03. The molecule has 0 saturated carbocycles. The van der Waals surface area contributed by atoms with E-state index in [9.17, 15) is 4.39 Å². The lowest BCUT2D eigenvalue weighted by molar-refractivity contribution is 0.404. The van der Waals surface area contributed by atoms with E-state index >= 15 is 0 Å². The Kier molecular flexibility index (Phi) is 4.92. The minimum atomic E-state index is -0.278. The van der Waals surface area contributed by atoms with E-state index in [0.717, 1.165) is 22.5 Å². The van der Waals surface area contributed by atoms with E-state index in [0.29, 0.717) is 35.5 Å². The molecule has 4 rings (SSSR count). The van der Waals surface area contributed by atoms with Crippen LogP contribution in [0.1, 0.15) is 22.6 Å². The van der Waals surface area contributed by atoms with E-state index in [1.165, 1.54) is 6.07 Å². The molecular formula is C22H18FN5O. The first kappa shape index (κ1) is 18.6. The fraction of sp³-hybridized carbons (Fsp3) is 0.182. The Hall–Kier alpha value is -3.79. The van der Waals surface area contributed by atoms with Crippen LogP contribution in [0, 0.1) is 24.1 Å². The first-order valence-corrected chi connectivity index (χ1v) is 9.13. The highest BCUT2D eigenvalue weighted by Gasteiger charge is 2.14. The molecule has 0 aliphatic rings. The average Bonchev–Trinajstić information content (AvgIpc) is 3.23. The van der Waals surface area contributed by atoms with Crippen molar-refractivity contribution >= 4 is 5.65 Å². The molecule has 0 saturated heterocycles. The van der Waals surface area contributed by atoms with Gasteiger partial charge in [0.2, 0.25) is 0 Å². The average molecular weight is 387 g/mol. The first-order chi connectivity index (χ1) is 14.1. The van der Waals surface area contributed by atoms with Gasteiger partial charge in [-0.05, 0) is 56.2 Å². The van der Waals surface area contributed by atoms with Gasteiger partial charge in [-0.15, -0.1) is 10.2 Å². The largest absolute Gasteiger partial charge is 0.496 e. The number of hydrogen-bond donors (Lipinski definition) is 0. The summed E-state index contributed by atoms with van der Waals surface area (Å²) in [5, 5.41) is 17.4. The number of nitriles is 1. The maximum Gasteiger partial charge on any atom is 0.168 e. The Morgan fingerprint density at radius 2 is 1.93 bits per heavy atom. The van der Waals surface area contributed by atoms with Gasteiger partial charge in [-0.25, -0.2) is 9.37 Å². The molecule has 3 heterocycles. The summed E-state index contributed by atoms with van der Waals surface area (Å²) in [6, 6.07) is 14.4. The van der Waals surface area contributed by atoms with E-state index in [2.05, 4.69) is 15.2 Å². The van der Waals surface area contributed by atoms with E-state index in [4.69, 9.17) is 10.00 Å². The van der Waals surface area contributed by atoms with E-state index < -0.39 is 0 Å². The van der Waals surface area contributed by atoms with Gasteiger partial charge in [-0.3, -0.25) is 4.40 Å². The lowest BCUT2D eigenvalue weighted by Gasteiger charge is -2.12. The number of hydrogen-bond acceptors (Lipinski definition) is 5. The highest BCUT2D eigenvalue weighted by atomic mass is 19.1. The number of benzene rings is 1. The zero-order valence-electron chi connectivity index (χ0n) is 16.1. The van der Waals surface area contributed by atoms with E-state index in [-0.39, 0.29) is 5.82 Å². The smallest absolute Gasteiger partial charge is 0.168 e. The highest BCUT2D eigenvalue weighted by Crippen LogP contribution is 2.28. The van der Waals surface area contributed by atoms with Crippen LogP contribution in [-0.4, -0.2) is 26.7 Å². The van der Waals surface area contributed by atoms with Gasteiger partial charge in [0.15, 0.2) is 5.65 Å². The molecule has 1 aromatic carbocycles.